The van der Waals surface area contributed by atoms with E-state index < -0.39 is 8.07 Å². The highest BCUT2D eigenvalue weighted by atomic mass is 28.3. The minimum Gasteiger partial charge on any atom is -0.309 e. The van der Waals surface area contributed by atoms with Crippen LogP contribution in [0.25, 0.3) is 106 Å². The van der Waals surface area contributed by atoms with Crippen molar-refractivity contribution in [1.29, 1.82) is 0 Å². The van der Waals surface area contributed by atoms with E-state index in [1.165, 1.54) is 59.0 Å². The van der Waals surface area contributed by atoms with Gasteiger partial charge in [0.05, 0.1) is 38.8 Å². The number of hydrogen-bond acceptors (Lipinski definition) is 3. The van der Waals surface area contributed by atoms with Crippen molar-refractivity contribution < 1.29 is 0 Å². The summed E-state index contributed by atoms with van der Waals surface area (Å²) in [5.41, 5.74) is 10.9. The normalized spacial score (nSPS) is 14.3. The van der Waals surface area contributed by atoms with Crippen LogP contribution in [0.3, 0.4) is 0 Å². The van der Waals surface area contributed by atoms with E-state index >= 15 is 0 Å². The van der Waals surface area contributed by atoms with Crippen LogP contribution in [0, 0.1) is 0 Å². The number of fused-ring (bicyclic) bond motifs is 11. The molecule has 4 aromatic heterocycles. The van der Waals surface area contributed by atoms with E-state index in [2.05, 4.69) is 256 Å². The number of benzene rings is 10. The van der Waals surface area contributed by atoms with Crippen LogP contribution in [0.4, 0.5) is 0 Å². The van der Waals surface area contributed by atoms with Gasteiger partial charge in [0.1, 0.15) is 0 Å². The molecule has 0 spiro atoms. The predicted octanol–water partition coefficient (Wildman–Crippen LogP) is 12.2. The molecule has 15 rings (SSSR count). The molecule has 0 radical (unpaired) electrons. The van der Waals surface area contributed by atoms with Gasteiger partial charge in [-0.1, -0.05) is 194 Å². The van der Waals surface area contributed by atoms with Crippen molar-refractivity contribution in [1.82, 2.24) is 28.7 Å². The van der Waals surface area contributed by atoms with Gasteiger partial charge < -0.3 is 9.13 Å². The van der Waals surface area contributed by atoms with Crippen molar-refractivity contribution in [2.45, 2.75) is 0 Å². The Morgan fingerprint density at radius 1 is 0.286 bits per heavy atom. The molecule has 0 amide bonds. The maximum atomic E-state index is 5.47. The Morgan fingerprint density at radius 2 is 0.729 bits per heavy atom. The highest BCUT2D eigenvalue weighted by molar-refractivity contribution is 7.21. The van der Waals surface area contributed by atoms with E-state index in [0.29, 0.717) is 17.6 Å². The van der Waals surface area contributed by atoms with Crippen LogP contribution in [-0.2, 0) is 0 Å². The van der Waals surface area contributed by atoms with Gasteiger partial charge in [-0.25, -0.2) is 4.98 Å². The summed E-state index contributed by atoms with van der Waals surface area (Å²) in [4.78, 5) is 16.4. The number of hydrogen-bond donors (Lipinski definition) is 0. The molecule has 0 N–H and O–H groups in total. The fourth-order valence-corrected chi connectivity index (χ4v) is 17.0. The van der Waals surface area contributed by atoms with Gasteiger partial charge in [-0.2, -0.15) is 9.97 Å². The lowest BCUT2D eigenvalue weighted by molar-refractivity contribution is 0.952. The molecule has 10 aromatic carbocycles. The summed E-state index contributed by atoms with van der Waals surface area (Å²) in [5.74, 6) is 1.76. The molecule has 1 aliphatic heterocycles. The molecular formula is C63H40N6Si. The van der Waals surface area contributed by atoms with Crippen LogP contribution in [0.5, 0.6) is 0 Å². The van der Waals surface area contributed by atoms with E-state index in [1.54, 1.807) is 0 Å². The summed E-state index contributed by atoms with van der Waals surface area (Å²) < 4.78 is 7.07. The zero-order valence-corrected chi connectivity index (χ0v) is 38.8. The maximum absolute atomic E-state index is 5.47. The molecule has 0 aliphatic carbocycles. The summed E-state index contributed by atoms with van der Waals surface area (Å²) in [6.07, 6.45) is 0. The third-order valence-corrected chi connectivity index (χ3v) is 19.6. The molecule has 7 heteroatoms. The molecule has 0 bridgehead atoms. The molecule has 1 atom stereocenters. The highest BCUT2D eigenvalue weighted by Gasteiger charge is 2.47. The van der Waals surface area contributed by atoms with Crippen molar-refractivity contribution in [3.63, 3.8) is 0 Å². The summed E-state index contributed by atoms with van der Waals surface area (Å²) in [7, 11) is -2.94. The zero-order chi connectivity index (χ0) is 45.9. The molecule has 70 heavy (non-hydrogen) atoms. The Bertz CT molecular complexity index is 4320. The first kappa shape index (κ1) is 38.9. The van der Waals surface area contributed by atoms with Crippen molar-refractivity contribution in [3.05, 3.63) is 243 Å². The predicted molar refractivity (Wildman–Crippen MR) is 291 cm³/mol. The van der Waals surface area contributed by atoms with Crippen molar-refractivity contribution in [2.75, 3.05) is 0 Å². The van der Waals surface area contributed by atoms with Crippen LogP contribution < -0.4 is 20.7 Å². The van der Waals surface area contributed by atoms with E-state index in [0.717, 1.165) is 49.7 Å². The molecule has 0 saturated carbocycles. The molecule has 14 aromatic rings. The number of nitrogens with zero attached hydrogens (tertiary/aromatic N) is 6. The van der Waals surface area contributed by atoms with Crippen LogP contribution in [0.1, 0.15) is 0 Å². The lowest BCUT2D eigenvalue weighted by atomic mass is 10.1. The van der Waals surface area contributed by atoms with Gasteiger partial charge >= 0.3 is 0 Å². The van der Waals surface area contributed by atoms with Gasteiger partial charge in [-0.15, -0.1) is 0 Å². The number of para-hydroxylation sites is 8. The minimum absolute atomic E-state index is 0.564. The second kappa shape index (κ2) is 14.9. The van der Waals surface area contributed by atoms with Crippen LogP contribution >= 0.6 is 0 Å². The first-order valence-electron chi connectivity index (χ1n) is 23.9. The fourth-order valence-electron chi connectivity index (χ4n) is 11.9. The Hall–Kier alpha value is -9.17. The average Bonchev–Trinajstić information content (AvgIpc) is 4.08. The second-order valence-electron chi connectivity index (χ2n) is 18.3. The summed E-state index contributed by atoms with van der Waals surface area (Å²) in [6, 6.07) is 88.2. The molecule has 1 aliphatic rings. The lowest BCUT2D eigenvalue weighted by Crippen LogP contribution is -2.76. The quantitative estimate of drug-likeness (QED) is 0.156. The average molecular weight is 909 g/mol. The first-order chi connectivity index (χ1) is 34.8. The Kier molecular flexibility index (Phi) is 8.28. The van der Waals surface area contributed by atoms with Crippen LogP contribution in [-0.4, -0.2) is 36.7 Å². The molecule has 1 unspecified atom stereocenters. The smallest absolute Gasteiger partial charge is 0.238 e. The molecule has 0 fully saturated rings. The third-order valence-electron chi connectivity index (χ3n) is 14.8. The maximum Gasteiger partial charge on any atom is 0.238 e. The summed E-state index contributed by atoms with van der Waals surface area (Å²) >= 11 is 0. The molecule has 326 valence electrons. The van der Waals surface area contributed by atoms with Crippen molar-refractivity contribution in [3.8, 4) is 40.1 Å². The van der Waals surface area contributed by atoms with Crippen molar-refractivity contribution >= 4 is 94.2 Å². The van der Waals surface area contributed by atoms with Crippen LogP contribution in [0.15, 0.2) is 243 Å². The highest BCUT2D eigenvalue weighted by Crippen LogP contribution is 2.38. The van der Waals surface area contributed by atoms with E-state index in [9.17, 15) is 0 Å². The number of aromatic nitrogens is 6. The fraction of sp³-hybridized carbons (Fsp3) is 0. The number of rotatable bonds is 6. The van der Waals surface area contributed by atoms with Gasteiger partial charge in [-0.05, 0) is 69.3 Å². The van der Waals surface area contributed by atoms with Crippen molar-refractivity contribution in [2.24, 2.45) is 0 Å². The van der Waals surface area contributed by atoms with E-state index in [4.69, 9.17) is 15.0 Å². The molecule has 6 nitrogen and oxygen atoms in total. The Morgan fingerprint density at radius 3 is 1.36 bits per heavy atom. The van der Waals surface area contributed by atoms with Gasteiger partial charge in [0.15, 0.2) is 19.7 Å². The largest absolute Gasteiger partial charge is 0.309 e. The van der Waals surface area contributed by atoms with E-state index in [1.807, 2.05) is 0 Å². The Balaban J connectivity index is 0.983. The van der Waals surface area contributed by atoms with Gasteiger partial charge in [-0.3, -0.25) is 4.57 Å². The monoisotopic (exact) mass is 908 g/mol. The SMILES string of the molecule is c1ccc([Si]2(c3ccc(-c4nc(-c5ccccc5-n5c6ccccc6c6ccccc65)nc(-n5c6ccccc6c6ccccc65)n4)cc3)c3ccccc3-n3c4ccccc4c4cccc2c43)cc1. The molecule has 5 heterocycles. The van der Waals surface area contributed by atoms with Crippen LogP contribution in [0.2, 0.25) is 0 Å². The molecular weight excluding hydrogens is 869 g/mol. The molecule has 0 saturated heterocycles. The topological polar surface area (TPSA) is 53.5 Å². The third kappa shape index (κ3) is 5.35. The van der Waals surface area contributed by atoms with Gasteiger partial charge in [0.2, 0.25) is 5.95 Å². The zero-order valence-electron chi connectivity index (χ0n) is 37.8. The van der Waals surface area contributed by atoms with Gasteiger partial charge in [0.25, 0.3) is 0 Å². The standard InChI is InChI=1S/C63H40N6Si/c1-2-19-42(20-3-1)70(58-35-17-16-34-57(58)68-53-30-12-8-25-48(53)49-27-18-36-59(70)60(49)68)43-39-37-41(38-40-43)61-64-62(66-63(65-61)69-54-31-13-6-23-46(54)47-24-7-14-32-55(47)69)50-26-9-15-33-56(50)67-51-28-10-4-21-44(51)45-22-5-11-29-52(45)67/h1-40H. The Labute approximate surface area is 403 Å². The minimum atomic E-state index is -2.94. The summed E-state index contributed by atoms with van der Waals surface area (Å²) in [5, 5.41) is 12.6. The second-order valence-corrected chi connectivity index (χ2v) is 22.0. The first-order valence-corrected chi connectivity index (χ1v) is 25.9. The van der Waals surface area contributed by atoms with E-state index in [-0.39, 0.29) is 0 Å². The summed E-state index contributed by atoms with van der Waals surface area (Å²) in [6.45, 7) is 0. The lowest BCUT2D eigenvalue weighted by Gasteiger charge is -2.39. The van der Waals surface area contributed by atoms with Gasteiger partial charge in [0, 0.05) is 49.1 Å².